The SMILES string of the molecule is [B][C@@H]1O[C@H](CC(C)(CC)OP(=O)(O)O)[C@@H](O)[C@H]1OC. The van der Waals surface area contributed by atoms with E-state index in [1.807, 2.05) is 0 Å². The molecule has 1 heterocycles. The van der Waals surface area contributed by atoms with E-state index >= 15 is 0 Å². The fourth-order valence-corrected chi connectivity index (χ4v) is 2.94. The molecule has 0 saturated carbocycles. The molecule has 19 heavy (non-hydrogen) atoms. The van der Waals surface area contributed by atoms with Gasteiger partial charge in [-0.1, -0.05) is 6.92 Å². The molecule has 0 aliphatic carbocycles. The maximum atomic E-state index is 11.0. The third-order valence-corrected chi connectivity index (χ3v) is 4.04. The highest BCUT2D eigenvalue weighted by molar-refractivity contribution is 7.46. The molecule has 7 nitrogen and oxygen atoms in total. The fraction of sp³-hybridized carbons (Fsp3) is 1.00. The highest BCUT2D eigenvalue weighted by atomic mass is 31.2. The minimum atomic E-state index is -4.62. The second-order valence-corrected chi connectivity index (χ2v) is 6.08. The normalized spacial score (nSPS) is 35.3. The van der Waals surface area contributed by atoms with Crippen LogP contribution < -0.4 is 0 Å². The summed E-state index contributed by atoms with van der Waals surface area (Å²) in [5, 5.41) is 10.00. The molecule has 0 amide bonds. The Morgan fingerprint density at radius 3 is 2.42 bits per heavy atom. The lowest BCUT2D eigenvalue weighted by molar-refractivity contribution is -0.0441. The summed E-state index contributed by atoms with van der Waals surface area (Å²) in [6.07, 6.45) is -1.88. The van der Waals surface area contributed by atoms with Crippen molar-refractivity contribution in [3.63, 3.8) is 0 Å². The Hall–Kier alpha value is 0.0549. The lowest BCUT2D eigenvalue weighted by Gasteiger charge is -2.31. The molecule has 0 spiro atoms. The summed E-state index contributed by atoms with van der Waals surface area (Å²) in [4.78, 5) is 17.8. The van der Waals surface area contributed by atoms with Crippen LogP contribution in [0.1, 0.15) is 26.7 Å². The summed E-state index contributed by atoms with van der Waals surface area (Å²) in [6.45, 7) is 3.28. The topological polar surface area (TPSA) is 105 Å². The third-order valence-electron chi connectivity index (χ3n) is 3.37. The van der Waals surface area contributed by atoms with Gasteiger partial charge in [0.1, 0.15) is 20.1 Å². The van der Waals surface area contributed by atoms with Gasteiger partial charge in [-0.05, 0) is 13.3 Å². The van der Waals surface area contributed by atoms with Crippen molar-refractivity contribution >= 4 is 15.7 Å². The highest BCUT2D eigenvalue weighted by Crippen LogP contribution is 2.45. The second-order valence-electron chi connectivity index (χ2n) is 4.92. The fourth-order valence-electron chi connectivity index (χ4n) is 2.17. The molecule has 1 aliphatic heterocycles. The number of rotatable bonds is 6. The first kappa shape index (κ1) is 17.1. The molecule has 110 valence electrons. The molecule has 0 bridgehead atoms. The molecule has 1 saturated heterocycles. The van der Waals surface area contributed by atoms with E-state index in [9.17, 15) is 9.67 Å². The molecule has 3 N–H and O–H groups in total. The van der Waals surface area contributed by atoms with Gasteiger partial charge in [0.05, 0.1) is 11.7 Å². The van der Waals surface area contributed by atoms with Crippen LogP contribution in [0.2, 0.25) is 0 Å². The van der Waals surface area contributed by atoms with Crippen LogP contribution in [0, 0.1) is 0 Å². The standard InChI is InChI=1S/C10H20BO7P/c1-4-10(2,18-19(13,14)15)5-6-7(12)8(16-3)9(11)17-6/h6-9,12H,4-5H2,1-3H3,(H2,13,14,15)/t6-,7-,8-,9-,10?/m1/s1. The first-order valence-corrected chi connectivity index (χ1v) is 7.53. The van der Waals surface area contributed by atoms with Crippen molar-refractivity contribution in [2.24, 2.45) is 0 Å². The van der Waals surface area contributed by atoms with E-state index in [1.54, 1.807) is 13.8 Å². The highest BCUT2D eigenvalue weighted by Gasteiger charge is 2.45. The number of phosphoric ester groups is 1. The van der Waals surface area contributed by atoms with Crippen LogP contribution in [0.15, 0.2) is 0 Å². The van der Waals surface area contributed by atoms with Crippen LogP contribution >= 0.6 is 7.82 Å². The summed E-state index contributed by atoms with van der Waals surface area (Å²) in [7, 11) is 2.45. The Balaban J connectivity index is 2.74. The van der Waals surface area contributed by atoms with Gasteiger partial charge in [0.25, 0.3) is 0 Å². The molecule has 0 aromatic rings. The van der Waals surface area contributed by atoms with Crippen molar-refractivity contribution in [3.05, 3.63) is 0 Å². The molecule has 5 atom stereocenters. The van der Waals surface area contributed by atoms with E-state index in [1.165, 1.54) is 7.11 Å². The minimum absolute atomic E-state index is 0.101. The maximum absolute atomic E-state index is 11.0. The summed E-state index contributed by atoms with van der Waals surface area (Å²) in [5.74, 6) is 0. The monoisotopic (exact) mass is 294 g/mol. The van der Waals surface area contributed by atoms with E-state index in [0.717, 1.165) is 0 Å². The minimum Gasteiger partial charge on any atom is -0.388 e. The summed E-state index contributed by atoms with van der Waals surface area (Å²) < 4.78 is 26.1. The van der Waals surface area contributed by atoms with Crippen molar-refractivity contribution in [1.82, 2.24) is 0 Å². The second kappa shape index (κ2) is 6.22. The number of ether oxygens (including phenoxy) is 2. The van der Waals surface area contributed by atoms with Crippen LogP contribution in [-0.4, -0.2) is 59.8 Å². The largest absolute Gasteiger partial charge is 0.470 e. The Labute approximate surface area is 113 Å². The molecule has 1 rings (SSSR count). The van der Waals surface area contributed by atoms with Crippen molar-refractivity contribution in [1.29, 1.82) is 0 Å². The number of aliphatic hydroxyl groups is 1. The van der Waals surface area contributed by atoms with Gasteiger partial charge < -0.3 is 24.4 Å². The number of phosphoric acid groups is 1. The van der Waals surface area contributed by atoms with Gasteiger partial charge in [0.2, 0.25) is 0 Å². The predicted octanol–water partition coefficient (Wildman–Crippen LogP) is -0.0762. The first-order valence-electron chi connectivity index (χ1n) is 6.00. The van der Waals surface area contributed by atoms with Gasteiger partial charge in [-0.3, -0.25) is 4.52 Å². The lowest BCUT2D eigenvalue weighted by atomic mass is 9.89. The molecule has 1 aliphatic rings. The molecule has 0 aromatic heterocycles. The van der Waals surface area contributed by atoms with E-state index in [4.69, 9.17) is 31.6 Å². The van der Waals surface area contributed by atoms with Crippen LogP contribution in [0.5, 0.6) is 0 Å². The zero-order valence-corrected chi connectivity index (χ0v) is 12.1. The molecule has 9 heteroatoms. The van der Waals surface area contributed by atoms with Crippen molar-refractivity contribution in [2.75, 3.05) is 7.11 Å². The van der Waals surface area contributed by atoms with Crippen LogP contribution in [0.25, 0.3) is 0 Å². The third kappa shape index (κ3) is 4.53. The smallest absolute Gasteiger partial charge is 0.388 e. The van der Waals surface area contributed by atoms with E-state index in [2.05, 4.69) is 0 Å². The zero-order valence-electron chi connectivity index (χ0n) is 11.2. The van der Waals surface area contributed by atoms with Gasteiger partial charge in [-0.2, -0.15) is 0 Å². The van der Waals surface area contributed by atoms with Crippen molar-refractivity contribution in [2.45, 2.75) is 56.6 Å². The average molecular weight is 294 g/mol. The molecule has 0 aromatic carbocycles. The van der Waals surface area contributed by atoms with Gasteiger partial charge >= 0.3 is 7.82 Å². The Bertz CT molecular complexity index is 349. The Morgan fingerprint density at radius 2 is 2.05 bits per heavy atom. The summed E-state index contributed by atoms with van der Waals surface area (Å²) in [6, 6.07) is -0.777. The summed E-state index contributed by atoms with van der Waals surface area (Å²) >= 11 is 0. The van der Waals surface area contributed by atoms with Crippen LogP contribution in [0.3, 0.4) is 0 Å². The van der Waals surface area contributed by atoms with Crippen molar-refractivity contribution < 1.29 is 33.5 Å². The molecular formula is C10H20BO7P. The summed E-state index contributed by atoms with van der Waals surface area (Å²) in [5.41, 5.74) is -1.12. The molecular weight excluding hydrogens is 274 g/mol. The van der Waals surface area contributed by atoms with Gasteiger partial charge in [-0.25, -0.2) is 4.57 Å². The Kier molecular flexibility index (Phi) is 5.60. The molecule has 1 unspecified atom stereocenters. The van der Waals surface area contributed by atoms with Crippen LogP contribution in [0.4, 0.5) is 0 Å². The van der Waals surface area contributed by atoms with Gasteiger partial charge in [0, 0.05) is 19.5 Å². The molecule has 2 radical (unpaired) electrons. The predicted molar refractivity (Wildman–Crippen MR) is 67.7 cm³/mol. The average Bonchev–Trinajstić information content (AvgIpc) is 2.51. The van der Waals surface area contributed by atoms with E-state index in [0.29, 0.717) is 6.42 Å². The van der Waals surface area contributed by atoms with E-state index in [-0.39, 0.29) is 6.42 Å². The van der Waals surface area contributed by atoms with Crippen molar-refractivity contribution in [3.8, 4) is 0 Å². The number of hydrogen-bond acceptors (Lipinski definition) is 5. The quantitative estimate of drug-likeness (QED) is 0.465. The van der Waals surface area contributed by atoms with E-state index < -0.39 is 37.7 Å². The van der Waals surface area contributed by atoms with Gasteiger partial charge in [0.15, 0.2) is 0 Å². The number of methoxy groups -OCH3 is 1. The molecule has 1 fully saturated rings. The van der Waals surface area contributed by atoms with Crippen LogP contribution in [-0.2, 0) is 18.6 Å². The number of aliphatic hydroxyl groups excluding tert-OH is 1. The first-order chi connectivity index (χ1) is 8.62. The Morgan fingerprint density at radius 1 is 1.47 bits per heavy atom. The van der Waals surface area contributed by atoms with Gasteiger partial charge in [-0.15, -0.1) is 0 Å². The number of hydrogen-bond donors (Lipinski definition) is 3. The zero-order chi connectivity index (χ0) is 14.8. The lowest BCUT2D eigenvalue weighted by Crippen LogP contribution is -2.39. The maximum Gasteiger partial charge on any atom is 0.470 e.